The normalized spacial score (nSPS) is 13.8. The molecule has 0 saturated heterocycles. The molecule has 218 valence electrons. The van der Waals surface area contributed by atoms with Gasteiger partial charge in [0, 0.05) is 16.7 Å². The number of hydrogen-bond acceptors (Lipinski definition) is 8. The Morgan fingerprint density at radius 3 is 2.44 bits per heavy atom. The molecule has 5 rings (SSSR count). The van der Waals surface area contributed by atoms with Gasteiger partial charge in [-0.05, 0) is 54.4 Å². The van der Waals surface area contributed by atoms with Crippen LogP contribution in [-0.2, 0) is 11.4 Å². The Hall–Kier alpha value is -4.84. The van der Waals surface area contributed by atoms with Crippen LogP contribution in [0.3, 0.4) is 0 Å². The molecular formula is C33H26Cl2N2O6. The number of nitrogens with two attached hydrogens (primary N) is 1. The van der Waals surface area contributed by atoms with Crippen molar-refractivity contribution < 1.29 is 28.5 Å². The predicted octanol–water partition coefficient (Wildman–Crippen LogP) is 7.09. The Morgan fingerprint density at radius 1 is 0.953 bits per heavy atom. The lowest BCUT2D eigenvalue weighted by Crippen LogP contribution is -2.22. The summed E-state index contributed by atoms with van der Waals surface area (Å²) >= 11 is 12.0. The Balaban J connectivity index is 1.35. The average molecular weight is 617 g/mol. The Bertz CT molecular complexity index is 1750. The molecule has 0 aromatic heterocycles. The van der Waals surface area contributed by atoms with Crippen LogP contribution < -0.4 is 29.4 Å². The maximum absolute atomic E-state index is 12.5. The van der Waals surface area contributed by atoms with Crippen LogP contribution in [0.1, 0.15) is 28.2 Å². The number of carbonyl (C=O) groups excluding carboxylic acids is 1. The largest absolute Gasteiger partial charge is 0.493 e. The van der Waals surface area contributed by atoms with Crippen LogP contribution in [0.5, 0.6) is 28.7 Å². The first-order valence-electron chi connectivity index (χ1n) is 13.1. The number of nitriles is 1. The number of halogens is 2. The maximum Gasteiger partial charge on any atom is 0.349 e. The molecule has 0 amide bonds. The second-order valence-electron chi connectivity index (χ2n) is 9.65. The zero-order chi connectivity index (χ0) is 30.5. The van der Waals surface area contributed by atoms with E-state index in [1.165, 1.54) is 17.7 Å². The molecule has 2 N–H and O–H groups in total. The topological polar surface area (TPSA) is 113 Å². The minimum atomic E-state index is -0.662. The highest BCUT2D eigenvalue weighted by molar-refractivity contribution is 6.35. The van der Waals surface area contributed by atoms with Crippen molar-refractivity contribution >= 4 is 29.2 Å². The summed E-state index contributed by atoms with van der Waals surface area (Å²) in [6, 6.07) is 25.2. The van der Waals surface area contributed by atoms with Crippen LogP contribution in [-0.4, -0.2) is 19.7 Å². The van der Waals surface area contributed by atoms with E-state index in [9.17, 15) is 10.1 Å². The van der Waals surface area contributed by atoms with Gasteiger partial charge >= 0.3 is 5.97 Å². The van der Waals surface area contributed by atoms with E-state index in [0.717, 1.165) is 11.1 Å². The molecule has 1 aliphatic rings. The molecule has 4 aromatic rings. The van der Waals surface area contributed by atoms with Crippen molar-refractivity contribution in [1.82, 2.24) is 0 Å². The van der Waals surface area contributed by atoms with E-state index < -0.39 is 11.9 Å². The van der Waals surface area contributed by atoms with Crippen molar-refractivity contribution in [3.63, 3.8) is 0 Å². The molecule has 1 aliphatic heterocycles. The van der Waals surface area contributed by atoms with E-state index >= 15 is 0 Å². The lowest BCUT2D eigenvalue weighted by atomic mass is 9.83. The second-order valence-corrected chi connectivity index (χ2v) is 10.5. The van der Waals surface area contributed by atoms with Gasteiger partial charge in [-0.1, -0.05) is 65.2 Å². The van der Waals surface area contributed by atoms with Crippen LogP contribution >= 0.6 is 23.2 Å². The maximum atomic E-state index is 12.5. The first-order valence-corrected chi connectivity index (χ1v) is 13.9. The number of aryl methyl sites for hydroxylation is 1. The molecule has 4 aromatic carbocycles. The number of rotatable bonds is 9. The van der Waals surface area contributed by atoms with Gasteiger partial charge in [0.15, 0.2) is 18.1 Å². The summed E-state index contributed by atoms with van der Waals surface area (Å²) in [5.74, 6) is 0.621. The third-order valence-corrected chi connectivity index (χ3v) is 7.23. The minimum Gasteiger partial charge on any atom is -0.493 e. The molecule has 8 nitrogen and oxygen atoms in total. The van der Waals surface area contributed by atoms with Gasteiger partial charge in [0.25, 0.3) is 0 Å². The Morgan fingerprint density at radius 2 is 1.72 bits per heavy atom. The minimum absolute atomic E-state index is 0.0529. The van der Waals surface area contributed by atoms with Crippen molar-refractivity contribution in [2.45, 2.75) is 19.4 Å². The summed E-state index contributed by atoms with van der Waals surface area (Å²) in [5.41, 5.74) is 10.00. The van der Waals surface area contributed by atoms with Crippen molar-refractivity contribution in [2.24, 2.45) is 5.73 Å². The number of fused-ring (bicyclic) bond motifs is 1. The highest BCUT2D eigenvalue weighted by atomic mass is 35.5. The molecular weight excluding hydrogens is 591 g/mol. The van der Waals surface area contributed by atoms with Crippen LogP contribution in [0, 0.1) is 18.3 Å². The third kappa shape index (κ3) is 6.81. The van der Waals surface area contributed by atoms with Crippen molar-refractivity contribution in [3.8, 4) is 34.8 Å². The fourth-order valence-corrected chi connectivity index (χ4v) is 5.02. The fourth-order valence-electron chi connectivity index (χ4n) is 4.56. The zero-order valence-corrected chi connectivity index (χ0v) is 24.7. The lowest BCUT2D eigenvalue weighted by Gasteiger charge is -2.27. The second kappa shape index (κ2) is 13.0. The van der Waals surface area contributed by atoms with E-state index in [4.69, 9.17) is 52.6 Å². The van der Waals surface area contributed by atoms with Crippen LogP contribution in [0.15, 0.2) is 90.3 Å². The monoisotopic (exact) mass is 616 g/mol. The zero-order valence-electron chi connectivity index (χ0n) is 23.2. The van der Waals surface area contributed by atoms with Gasteiger partial charge in [0.2, 0.25) is 5.88 Å². The number of nitrogens with zero attached hydrogens (tertiary/aromatic N) is 1. The molecule has 0 radical (unpaired) electrons. The summed E-state index contributed by atoms with van der Waals surface area (Å²) in [4.78, 5) is 12.5. The van der Waals surface area contributed by atoms with Gasteiger partial charge in [-0.3, -0.25) is 0 Å². The van der Waals surface area contributed by atoms with Crippen molar-refractivity contribution in [2.75, 3.05) is 13.7 Å². The van der Waals surface area contributed by atoms with Gasteiger partial charge in [-0.2, -0.15) is 5.26 Å². The summed E-state index contributed by atoms with van der Waals surface area (Å²) < 4.78 is 28.3. The van der Waals surface area contributed by atoms with Gasteiger partial charge < -0.3 is 29.4 Å². The molecule has 43 heavy (non-hydrogen) atoms. The molecule has 0 saturated carbocycles. The lowest BCUT2D eigenvalue weighted by molar-refractivity contribution is -0.136. The first kappa shape index (κ1) is 29.6. The number of methoxy groups -OCH3 is 1. The third-order valence-electron chi connectivity index (χ3n) is 6.70. The highest BCUT2D eigenvalue weighted by Gasteiger charge is 2.32. The smallest absolute Gasteiger partial charge is 0.349 e. The number of esters is 1. The highest BCUT2D eigenvalue weighted by Crippen LogP contribution is 2.45. The van der Waals surface area contributed by atoms with Gasteiger partial charge in [0.05, 0.1) is 18.1 Å². The summed E-state index contributed by atoms with van der Waals surface area (Å²) in [7, 11) is 1.55. The summed E-state index contributed by atoms with van der Waals surface area (Å²) in [5, 5.41) is 10.7. The van der Waals surface area contributed by atoms with Crippen LogP contribution in [0.4, 0.5) is 0 Å². The van der Waals surface area contributed by atoms with Gasteiger partial charge in [-0.15, -0.1) is 0 Å². The number of allylic oxidation sites excluding steroid dienone is 1. The Labute approximate surface area is 258 Å². The number of benzene rings is 4. The SMILES string of the molecule is COc1cc(C2C(C#N)=C(N)Oc3cc(OC(=O)COc4ccc(Cl)cc4Cl)ccc32)ccc1OCc1ccc(C)cc1. The molecule has 0 aliphatic carbocycles. The number of carbonyl (C=O) groups is 1. The van der Waals surface area contributed by atoms with E-state index in [-0.39, 0.29) is 28.8 Å². The summed E-state index contributed by atoms with van der Waals surface area (Å²) in [6.45, 7) is 2.01. The van der Waals surface area contributed by atoms with Gasteiger partial charge in [-0.25, -0.2) is 4.79 Å². The average Bonchev–Trinajstić information content (AvgIpc) is 2.99. The standard InChI is InChI=1S/C33H26Cl2N2O6/c1-19-3-5-20(6-4-19)17-40-28-11-7-21(13-30(28)39-2)32-24-10-9-23(15-29(24)43-33(37)25(32)16-36)42-31(38)18-41-27-12-8-22(34)14-26(27)35/h3-15,32H,17-18,37H2,1-2H3. The predicted molar refractivity (Wildman–Crippen MR) is 162 cm³/mol. The van der Waals surface area contributed by atoms with Crippen molar-refractivity contribution in [3.05, 3.63) is 123 Å². The molecule has 1 unspecified atom stereocenters. The number of hydrogen-bond donors (Lipinski definition) is 1. The Kier molecular flexibility index (Phi) is 8.96. The van der Waals surface area contributed by atoms with E-state index in [2.05, 4.69) is 6.07 Å². The first-order chi connectivity index (χ1) is 20.7. The quantitative estimate of drug-likeness (QED) is 0.157. The summed E-state index contributed by atoms with van der Waals surface area (Å²) in [6.07, 6.45) is 0. The molecule has 0 spiro atoms. The van der Waals surface area contributed by atoms with Crippen LogP contribution in [0.25, 0.3) is 0 Å². The van der Waals surface area contributed by atoms with E-state index in [1.807, 2.05) is 43.3 Å². The molecule has 10 heteroatoms. The molecule has 1 heterocycles. The van der Waals surface area contributed by atoms with E-state index in [1.54, 1.807) is 37.4 Å². The molecule has 0 bridgehead atoms. The molecule has 0 fully saturated rings. The van der Waals surface area contributed by atoms with E-state index in [0.29, 0.717) is 40.2 Å². The molecule has 1 atom stereocenters. The van der Waals surface area contributed by atoms with Crippen LogP contribution in [0.2, 0.25) is 10.0 Å². The van der Waals surface area contributed by atoms with Gasteiger partial charge in [0.1, 0.15) is 35.5 Å². The number of ether oxygens (including phenoxy) is 5. The van der Waals surface area contributed by atoms with Crippen molar-refractivity contribution in [1.29, 1.82) is 5.26 Å². The fraction of sp³-hybridized carbons (Fsp3) is 0.152.